The zero-order valence-electron chi connectivity index (χ0n) is 9.13. The maximum atomic E-state index is 9.83. The van der Waals surface area contributed by atoms with Crippen molar-refractivity contribution in [2.45, 2.75) is 38.1 Å². The van der Waals surface area contributed by atoms with Gasteiger partial charge in [0, 0.05) is 0 Å². The molecule has 1 atom stereocenters. The van der Waals surface area contributed by atoms with Gasteiger partial charge in [0.25, 0.3) is 0 Å². The molecule has 1 aromatic rings. The summed E-state index contributed by atoms with van der Waals surface area (Å²) in [5.74, 6) is 0.419. The van der Waals surface area contributed by atoms with Crippen molar-refractivity contribution in [1.29, 1.82) is 0 Å². The van der Waals surface area contributed by atoms with Crippen LogP contribution in [0.15, 0.2) is 17.9 Å². The number of aryl methyl sites for hydroxylation is 1. The second-order valence-corrected chi connectivity index (χ2v) is 4.37. The Labute approximate surface area is 94.3 Å². The maximum Gasteiger partial charge on any atom is 0.128 e. The molecule has 0 bridgehead atoms. The number of rotatable bonds is 1. The molecule has 4 nitrogen and oxygen atoms in total. The first-order chi connectivity index (χ1) is 7.84. The lowest BCUT2D eigenvalue weighted by Crippen LogP contribution is -2.17. The molecule has 0 aliphatic heterocycles. The van der Waals surface area contributed by atoms with E-state index in [1.807, 2.05) is 12.2 Å². The summed E-state index contributed by atoms with van der Waals surface area (Å²) >= 11 is 0. The van der Waals surface area contributed by atoms with E-state index in [0.717, 1.165) is 43.5 Å². The number of aliphatic hydroxyl groups is 1. The van der Waals surface area contributed by atoms with E-state index in [1.165, 1.54) is 0 Å². The summed E-state index contributed by atoms with van der Waals surface area (Å²) in [5.41, 5.74) is 2.02. The average molecular weight is 217 g/mol. The Balaban J connectivity index is 1.95. The molecule has 1 heterocycles. The minimum Gasteiger partial charge on any atom is -0.510 e. The number of aliphatic hydroxyl groups excluding tert-OH is 1. The molecule has 0 aromatic carbocycles. The van der Waals surface area contributed by atoms with Crippen molar-refractivity contribution in [2.75, 3.05) is 0 Å². The quantitative estimate of drug-likeness (QED) is 0.785. The third-order valence-corrected chi connectivity index (χ3v) is 3.21. The molecule has 3 rings (SSSR count). The van der Waals surface area contributed by atoms with Gasteiger partial charge >= 0.3 is 0 Å². The fraction of sp³-hybridized carbons (Fsp3) is 0.500. The highest BCUT2D eigenvalue weighted by Crippen LogP contribution is 2.27. The lowest BCUT2D eigenvalue weighted by molar-refractivity contribution is 0.268. The standard InChI is InChI=1S/C12H15N3O/c16-12-8-4-3-7-11(12)15-13-9-5-1-2-6-10(9)14-15/h1,5,8,11,16H,2-4,6-7H2. The van der Waals surface area contributed by atoms with Crippen molar-refractivity contribution in [3.63, 3.8) is 0 Å². The highest BCUT2D eigenvalue weighted by atomic mass is 16.3. The van der Waals surface area contributed by atoms with Crippen LogP contribution >= 0.6 is 0 Å². The molecular formula is C12H15N3O. The summed E-state index contributed by atoms with van der Waals surface area (Å²) in [6.45, 7) is 0. The van der Waals surface area contributed by atoms with E-state index in [1.54, 1.807) is 4.80 Å². The molecule has 0 saturated carbocycles. The smallest absolute Gasteiger partial charge is 0.128 e. The average Bonchev–Trinajstić information content (AvgIpc) is 2.73. The van der Waals surface area contributed by atoms with Gasteiger partial charge in [0.15, 0.2) is 0 Å². The molecule has 2 aliphatic rings. The molecule has 0 amide bonds. The Morgan fingerprint density at radius 3 is 3.06 bits per heavy atom. The lowest BCUT2D eigenvalue weighted by Gasteiger charge is -2.18. The van der Waals surface area contributed by atoms with E-state index < -0.39 is 0 Å². The van der Waals surface area contributed by atoms with Crippen LogP contribution in [-0.4, -0.2) is 20.1 Å². The van der Waals surface area contributed by atoms with Crippen molar-refractivity contribution in [3.05, 3.63) is 29.3 Å². The minimum atomic E-state index is -0.0484. The van der Waals surface area contributed by atoms with Crippen LogP contribution in [0, 0.1) is 0 Å². The molecular weight excluding hydrogens is 202 g/mol. The third kappa shape index (κ3) is 1.54. The lowest BCUT2D eigenvalue weighted by atomic mass is 10.0. The number of aromatic nitrogens is 3. The first-order valence-electron chi connectivity index (χ1n) is 5.86. The normalized spacial score (nSPS) is 24.0. The van der Waals surface area contributed by atoms with E-state index >= 15 is 0 Å². The second-order valence-electron chi connectivity index (χ2n) is 4.37. The van der Waals surface area contributed by atoms with Gasteiger partial charge in [-0.05, 0) is 44.3 Å². The summed E-state index contributed by atoms with van der Waals surface area (Å²) in [6.07, 6.45) is 11.0. The van der Waals surface area contributed by atoms with Gasteiger partial charge in [0.1, 0.15) is 17.5 Å². The Kier molecular flexibility index (Phi) is 2.27. The van der Waals surface area contributed by atoms with Gasteiger partial charge < -0.3 is 5.11 Å². The van der Waals surface area contributed by atoms with Crippen LogP contribution in [0.1, 0.15) is 43.1 Å². The molecule has 0 fully saturated rings. The maximum absolute atomic E-state index is 9.83. The van der Waals surface area contributed by atoms with Gasteiger partial charge in [0.2, 0.25) is 0 Å². The van der Waals surface area contributed by atoms with Crippen LogP contribution in [-0.2, 0) is 6.42 Å². The van der Waals surface area contributed by atoms with Gasteiger partial charge in [-0.15, -0.1) is 0 Å². The summed E-state index contributed by atoms with van der Waals surface area (Å²) in [5, 5.41) is 18.7. The van der Waals surface area contributed by atoms with Crippen LogP contribution in [0.3, 0.4) is 0 Å². The second kappa shape index (κ2) is 3.77. The van der Waals surface area contributed by atoms with Crippen molar-refractivity contribution in [2.24, 2.45) is 0 Å². The Morgan fingerprint density at radius 2 is 2.25 bits per heavy atom. The topological polar surface area (TPSA) is 50.9 Å². The fourth-order valence-electron chi connectivity index (χ4n) is 2.31. The number of fused-ring (bicyclic) bond motifs is 1. The first kappa shape index (κ1) is 9.63. The van der Waals surface area contributed by atoms with Crippen LogP contribution in [0.2, 0.25) is 0 Å². The van der Waals surface area contributed by atoms with Crippen molar-refractivity contribution < 1.29 is 5.11 Å². The molecule has 1 aromatic heterocycles. The summed E-state index contributed by atoms with van der Waals surface area (Å²) < 4.78 is 0. The molecule has 2 aliphatic carbocycles. The monoisotopic (exact) mass is 217 g/mol. The molecule has 4 heteroatoms. The van der Waals surface area contributed by atoms with E-state index in [2.05, 4.69) is 16.3 Å². The highest BCUT2D eigenvalue weighted by molar-refractivity contribution is 5.49. The number of allylic oxidation sites excluding steroid dienone is 3. The predicted octanol–water partition coefficient (Wildman–Crippen LogP) is 2.40. The van der Waals surface area contributed by atoms with Gasteiger partial charge in [-0.3, -0.25) is 0 Å². The number of hydrogen-bond donors (Lipinski definition) is 1. The van der Waals surface area contributed by atoms with Gasteiger partial charge in [0.05, 0.1) is 5.69 Å². The molecule has 0 spiro atoms. The molecule has 1 unspecified atom stereocenters. The van der Waals surface area contributed by atoms with E-state index in [0.29, 0.717) is 5.76 Å². The van der Waals surface area contributed by atoms with E-state index in [9.17, 15) is 5.11 Å². The Hall–Kier alpha value is -1.58. The number of nitrogens with zero attached hydrogens (tertiary/aromatic N) is 3. The zero-order valence-corrected chi connectivity index (χ0v) is 9.13. The van der Waals surface area contributed by atoms with Crippen molar-refractivity contribution in [3.8, 4) is 0 Å². The summed E-state index contributed by atoms with van der Waals surface area (Å²) in [4.78, 5) is 1.69. The fourth-order valence-corrected chi connectivity index (χ4v) is 2.31. The van der Waals surface area contributed by atoms with E-state index in [4.69, 9.17) is 0 Å². The Bertz CT molecular complexity index is 459. The van der Waals surface area contributed by atoms with Crippen LogP contribution in [0.4, 0.5) is 0 Å². The van der Waals surface area contributed by atoms with Gasteiger partial charge in [-0.25, -0.2) is 0 Å². The largest absolute Gasteiger partial charge is 0.510 e. The number of hydrogen-bond acceptors (Lipinski definition) is 3. The molecule has 1 N–H and O–H groups in total. The Morgan fingerprint density at radius 1 is 1.31 bits per heavy atom. The summed E-state index contributed by atoms with van der Waals surface area (Å²) in [6, 6.07) is -0.0484. The van der Waals surface area contributed by atoms with Gasteiger partial charge in [-0.1, -0.05) is 6.08 Å². The molecule has 84 valence electrons. The molecule has 16 heavy (non-hydrogen) atoms. The SMILES string of the molecule is OC1=CCCCC1n1nc2c(n1)CCC=C2. The predicted molar refractivity (Wildman–Crippen MR) is 61.0 cm³/mol. The van der Waals surface area contributed by atoms with Gasteiger partial charge in [-0.2, -0.15) is 15.0 Å². The highest BCUT2D eigenvalue weighted by Gasteiger charge is 2.23. The van der Waals surface area contributed by atoms with Crippen LogP contribution < -0.4 is 0 Å². The van der Waals surface area contributed by atoms with E-state index in [-0.39, 0.29) is 6.04 Å². The third-order valence-electron chi connectivity index (χ3n) is 3.21. The van der Waals surface area contributed by atoms with Crippen molar-refractivity contribution >= 4 is 6.08 Å². The minimum absolute atomic E-state index is 0.0484. The first-order valence-corrected chi connectivity index (χ1v) is 5.86. The zero-order chi connectivity index (χ0) is 11.0. The van der Waals surface area contributed by atoms with Crippen LogP contribution in [0.25, 0.3) is 6.08 Å². The van der Waals surface area contributed by atoms with Crippen LogP contribution in [0.5, 0.6) is 0 Å². The molecule has 0 saturated heterocycles. The summed E-state index contributed by atoms with van der Waals surface area (Å²) in [7, 11) is 0. The molecule has 0 radical (unpaired) electrons. The van der Waals surface area contributed by atoms with Crippen molar-refractivity contribution in [1.82, 2.24) is 15.0 Å².